The lowest BCUT2D eigenvalue weighted by Gasteiger charge is -2.10. The number of halogens is 3. The van der Waals surface area contributed by atoms with E-state index in [-0.39, 0.29) is 11.3 Å². The fourth-order valence-corrected chi connectivity index (χ4v) is 2.17. The number of phenolic OH excluding ortho intramolecular Hbond substituents is 1. The summed E-state index contributed by atoms with van der Waals surface area (Å²) in [6.07, 6.45) is -1.32. The molecule has 0 unspecified atom stereocenters. The van der Waals surface area contributed by atoms with Crippen LogP contribution in [0.15, 0.2) is 36.4 Å². The van der Waals surface area contributed by atoms with Gasteiger partial charge in [-0.25, -0.2) is 0 Å². The Kier molecular flexibility index (Phi) is 4.07. The fraction of sp³-hybridized carbons (Fsp3) is 0.176. The Bertz CT molecular complexity index is 662. The third kappa shape index (κ3) is 3.45. The summed E-state index contributed by atoms with van der Waals surface area (Å²) in [5.74, 6) is 0.211. The van der Waals surface area contributed by atoms with Crippen molar-refractivity contribution in [2.45, 2.75) is 20.0 Å². The lowest BCUT2D eigenvalue weighted by molar-refractivity contribution is -0.137. The molecule has 0 spiro atoms. The lowest BCUT2D eigenvalue weighted by atomic mass is 10.0. The van der Waals surface area contributed by atoms with Crippen LogP contribution in [0.2, 0.25) is 0 Å². The number of hydrogen-bond donors (Lipinski definition) is 1. The summed E-state index contributed by atoms with van der Waals surface area (Å²) in [5, 5.41) is 9.69. The Morgan fingerprint density at radius 2 is 1.52 bits per heavy atom. The van der Waals surface area contributed by atoms with Crippen LogP contribution in [0.25, 0.3) is 12.2 Å². The largest absolute Gasteiger partial charge is 0.507 e. The topological polar surface area (TPSA) is 20.2 Å². The lowest BCUT2D eigenvalue weighted by Crippen LogP contribution is -2.06. The van der Waals surface area contributed by atoms with Crippen molar-refractivity contribution < 1.29 is 18.3 Å². The highest BCUT2D eigenvalue weighted by molar-refractivity contribution is 5.72. The third-order valence-corrected chi connectivity index (χ3v) is 3.23. The highest BCUT2D eigenvalue weighted by atomic mass is 19.4. The number of phenols is 1. The van der Waals surface area contributed by atoms with Gasteiger partial charge < -0.3 is 5.11 Å². The standard InChI is InChI=1S/C17H15F3O/c1-11-9-13(10-12(2)16(11)21)7-8-14-5-3-4-6-15(14)17(18,19)20/h3-10,21H,1-2H3/b8-7+. The number of rotatable bonds is 2. The molecule has 0 aliphatic rings. The monoisotopic (exact) mass is 292 g/mol. The maximum atomic E-state index is 12.9. The van der Waals surface area contributed by atoms with Gasteiger partial charge in [-0.15, -0.1) is 0 Å². The Balaban J connectivity index is 2.39. The molecule has 2 rings (SSSR count). The van der Waals surface area contributed by atoms with Crippen molar-refractivity contribution in [2.75, 3.05) is 0 Å². The number of aryl methyl sites for hydroxylation is 2. The Labute approximate surface area is 121 Å². The molecule has 110 valence electrons. The summed E-state index contributed by atoms with van der Waals surface area (Å²) >= 11 is 0. The second kappa shape index (κ2) is 5.64. The van der Waals surface area contributed by atoms with Crippen molar-refractivity contribution in [2.24, 2.45) is 0 Å². The van der Waals surface area contributed by atoms with Crippen LogP contribution in [0.3, 0.4) is 0 Å². The van der Waals surface area contributed by atoms with E-state index in [1.807, 2.05) is 0 Å². The van der Waals surface area contributed by atoms with Crippen LogP contribution in [0.1, 0.15) is 27.8 Å². The molecule has 21 heavy (non-hydrogen) atoms. The molecule has 0 aromatic heterocycles. The molecule has 0 atom stereocenters. The summed E-state index contributed by atoms with van der Waals surface area (Å²) in [6.45, 7) is 3.51. The first kappa shape index (κ1) is 15.2. The summed E-state index contributed by atoms with van der Waals surface area (Å²) in [4.78, 5) is 0. The van der Waals surface area contributed by atoms with Gasteiger partial charge in [0.05, 0.1) is 5.56 Å². The van der Waals surface area contributed by atoms with Gasteiger partial charge in [0.25, 0.3) is 0 Å². The van der Waals surface area contributed by atoms with Crippen molar-refractivity contribution in [1.29, 1.82) is 0 Å². The minimum Gasteiger partial charge on any atom is -0.507 e. The van der Waals surface area contributed by atoms with E-state index < -0.39 is 11.7 Å². The third-order valence-electron chi connectivity index (χ3n) is 3.23. The maximum absolute atomic E-state index is 12.9. The molecule has 1 N–H and O–H groups in total. The molecular formula is C17H15F3O. The molecule has 2 aromatic rings. The van der Waals surface area contributed by atoms with E-state index in [1.54, 1.807) is 38.1 Å². The van der Waals surface area contributed by atoms with E-state index in [4.69, 9.17) is 0 Å². The highest BCUT2D eigenvalue weighted by Gasteiger charge is 2.32. The Hall–Kier alpha value is -2.23. The van der Waals surface area contributed by atoms with Crippen LogP contribution in [0.5, 0.6) is 5.75 Å². The van der Waals surface area contributed by atoms with E-state index in [0.717, 1.165) is 11.6 Å². The molecule has 0 amide bonds. The molecule has 0 heterocycles. The van der Waals surface area contributed by atoms with Crippen LogP contribution >= 0.6 is 0 Å². The van der Waals surface area contributed by atoms with Crippen molar-refractivity contribution in [3.63, 3.8) is 0 Å². The van der Waals surface area contributed by atoms with Crippen molar-refractivity contribution >= 4 is 12.2 Å². The molecule has 0 bridgehead atoms. The molecule has 0 saturated heterocycles. The zero-order valence-corrected chi connectivity index (χ0v) is 11.7. The second-order valence-electron chi connectivity index (χ2n) is 4.92. The summed E-state index contributed by atoms with van der Waals surface area (Å²) < 4.78 is 38.7. The Morgan fingerprint density at radius 1 is 0.952 bits per heavy atom. The van der Waals surface area contributed by atoms with Crippen LogP contribution in [0, 0.1) is 13.8 Å². The summed E-state index contributed by atoms with van der Waals surface area (Å²) in [7, 11) is 0. The first-order valence-corrected chi connectivity index (χ1v) is 6.43. The van der Waals surface area contributed by atoms with Crippen LogP contribution in [-0.2, 0) is 6.18 Å². The van der Waals surface area contributed by atoms with E-state index in [9.17, 15) is 18.3 Å². The number of hydrogen-bond acceptors (Lipinski definition) is 1. The Morgan fingerprint density at radius 3 is 2.10 bits per heavy atom. The SMILES string of the molecule is Cc1cc(/C=C/c2ccccc2C(F)(F)F)cc(C)c1O. The predicted molar refractivity (Wildman–Crippen MR) is 78.0 cm³/mol. The molecule has 0 saturated carbocycles. The zero-order valence-electron chi connectivity index (χ0n) is 11.7. The average Bonchev–Trinajstić information content (AvgIpc) is 2.41. The van der Waals surface area contributed by atoms with Gasteiger partial charge in [0.2, 0.25) is 0 Å². The van der Waals surface area contributed by atoms with Crippen molar-refractivity contribution in [1.82, 2.24) is 0 Å². The van der Waals surface area contributed by atoms with Gasteiger partial charge in [-0.05, 0) is 54.3 Å². The van der Waals surface area contributed by atoms with Crippen LogP contribution in [0.4, 0.5) is 13.2 Å². The molecule has 0 radical (unpaired) electrons. The minimum atomic E-state index is -4.37. The van der Waals surface area contributed by atoms with Gasteiger partial charge in [0.1, 0.15) is 5.75 Å². The van der Waals surface area contributed by atoms with Crippen LogP contribution in [-0.4, -0.2) is 5.11 Å². The minimum absolute atomic E-state index is 0.119. The van der Waals surface area contributed by atoms with Gasteiger partial charge in [-0.3, -0.25) is 0 Å². The zero-order chi connectivity index (χ0) is 15.6. The summed E-state index contributed by atoms with van der Waals surface area (Å²) in [5.41, 5.74) is 1.60. The quantitative estimate of drug-likeness (QED) is 0.754. The number of alkyl halides is 3. The van der Waals surface area contributed by atoms with E-state index in [1.165, 1.54) is 18.2 Å². The van der Waals surface area contributed by atoms with Gasteiger partial charge in [-0.1, -0.05) is 30.4 Å². The molecule has 2 aromatic carbocycles. The molecule has 0 fully saturated rings. The second-order valence-corrected chi connectivity index (χ2v) is 4.92. The van der Waals surface area contributed by atoms with Gasteiger partial charge in [0, 0.05) is 0 Å². The smallest absolute Gasteiger partial charge is 0.416 e. The molecule has 0 aliphatic heterocycles. The van der Waals surface area contributed by atoms with Gasteiger partial charge in [-0.2, -0.15) is 13.2 Å². The predicted octanol–water partition coefficient (Wildman–Crippen LogP) is 5.20. The van der Waals surface area contributed by atoms with E-state index in [0.29, 0.717) is 11.1 Å². The van der Waals surface area contributed by atoms with E-state index in [2.05, 4.69) is 0 Å². The summed E-state index contributed by atoms with van der Waals surface area (Å²) in [6, 6.07) is 8.90. The number of benzene rings is 2. The van der Waals surface area contributed by atoms with Crippen molar-refractivity contribution in [3.05, 3.63) is 64.2 Å². The molecule has 4 heteroatoms. The van der Waals surface area contributed by atoms with Crippen molar-refractivity contribution in [3.8, 4) is 5.75 Å². The van der Waals surface area contributed by atoms with E-state index >= 15 is 0 Å². The molecule has 1 nitrogen and oxygen atoms in total. The maximum Gasteiger partial charge on any atom is 0.416 e. The fourth-order valence-electron chi connectivity index (χ4n) is 2.17. The van der Waals surface area contributed by atoms with Gasteiger partial charge >= 0.3 is 6.18 Å². The molecular weight excluding hydrogens is 277 g/mol. The average molecular weight is 292 g/mol. The van der Waals surface area contributed by atoms with Crippen LogP contribution < -0.4 is 0 Å². The first-order valence-electron chi connectivity index (χ1n) is 6.43. The normalized spacial score (nSPS) is 12.0. The first-order chi connectivity index (χ1) is 9.79. The highest BCUT2D eigenvalue weighted by Crippen LogP contribution is 2.33. The molecule has 0 aliphatic carbocycles. The van der Waals surface area contributed by atoms with Gasteiger partial charge in [0.15, 0.2) is 0 Å². The number of aromatic hydroxyl groups is 1.